The molecule has 0 amide bonds. The highest BCUT2D eigenvalue weighted by atomic mass is 35.5. The third-order valence-electron chi connectivity index (χ3n) is 3.90. The van der Waals surface area contributed by atoms with Crippen LogP contribution in [-0.2, 0) is 6.61 Å². The van der Waals surface area contributed by atoms with Gasteiger partial charge in [0.05, 0.1) is 0 Å². The minimum Gasteiger partial charge on any atom is -0.486 e. The summed E-state index contributed by atoms with van der Waals surface area (Å²) in [4.78, 5) is 0. The van der Waals surface area contributed by atoms with Crippen molar-refractivity contribution in [3.05, 3.63) is 65.4 Å². The third-order valence-corrected chi connectivity index (χ3v) is 5.26. The lowest BCUT2D eigenvalue weighted by atomic mass is 10.3. The van der Waals surface area contributed by atoms with Crippen molar-refractivity contribution in [2.45, 2.75) is 43.7 Å². The summed E-state index contributed by atoms with van der Waals surface area (Å²) >= 11 is 7.68. The molecule has 0 saturated carbocycles. The summed E-state index contributed by atoms with van der Waals surface area (Å²) in [5, 5.41) is 10.9. The Morgan fingerprint density at radius 2 is 1.81 bits per heavy atom. The number of thioether (sulfide) groups is 1. The number of halogens is 1. The van der Waals surface area contributed by atoms with E-state index in [1.807, 2.05) is 42.5 Å². The molecule has 1 heterocycles. The van der Waals surface area contributed by atoms with Gasteiger partial charge in [-0.2, -0.15) is 0 Å². The van der Waals surface area contributed by atoms with E-state index < -0.39 is 0 Å². The van der Waals surface area contributed by atoms with Crippen molar-refractivity contribution < 1.29 is 4.74 Å². The zero-order chi connectivity index (χ0) is 18.4. The van der Waals surface area contributed by atoms with Gasteiger partial charge >= 0.3 is 0 Å². The number of aromatic nitrogens is 3. The lowest BCUT2D eigenvalue weighted by molar-refractivity contribution is 0.293. The van der Waals surface area contributed by atoms with Gasteiger partial charge in [0.25, 0.3) is 0 Å². The maximum Gasteiger partial charge on any atom is 0.196 e. The fourth-order valence-electron chi connectivity index (χ4n) is 2.63. The van der Waals surface area contributed by atoms with Crippen molar-refractivity contribution in [3.8, 4) is 11.4 Å². The number of hydrogen-bond donors (Lipinski definition) is 0. The smallest absolute Gasteiger partial charge is 0.196 e. The van der Waals surface area contributed by atoms with E-state index in [0.717, 1.165) is 35.3 Å². The first-order valence-electron chi connectivity index (χ1n) is 8.72. The van der Waals surface area contributed by atoms with Crippen LogP contribution in [0.3, 0.4) is 0 Å². The lowest BCUT2D eigenvalue weighted by Gasteiger charge is -2.13. The zero-order valence-corrected chi connectivity index (χ0v) is 16.5. The van der Waals surface area contributed by atoms with Crippen LogP contribution < -0.4 is 4.74 Å². The summed E-state index contributed by atoms with van der Waals surface area (Å²) in [7, 11) is 0. The number of para-hydroxylation sites is 1. The Labute approximate surface area is 163 Å². The molecule has 3 aromatic rings. The van der Waals surface area contributed by atoms with Crippen LogP contribution in [0.2, 0.25) is 5.02 Å². The minimum atomic E-state index is 0.340. The average molecular weight is 388 g/mol. The molecule has 0 aliphatic rings. The molecule has 0 aliphatic carbocycles. The molecule has 1 unspecified atom stereocenters. The molecule has 0 aliphatic heterocycles. The molecule has 0 fully saturated rings. The Kier molecular flexibility index (Phi) is 6.58. The van der Waals surface area contributed by atoms with Crippen LogP contribution in [0.15, 0.2) is 59.8 Å². The molecule has 0 spiro atoms. The van der Waals surface area contributed by atoms with Crippen molar-refractivity contribution in [2.75, 3.05) is 0 Å². The lowest BCUT2D eigenvalue weighted by Crippen LogP contribution is -2.07. The molecule has 0 radical (unpaired) electrons. The van der Waals surface area contributed by atoms with Crippen LogP contribution in [0.1, 0.15) is 32.5 Å². The van der Waals surface area contributed by atoms with Crippen LogP contribution in [-0.4, -0.2) is 20.0 Å². The molecule has 1 aromatic heterocycles. The van der Waals surface area contributed by atoms with Crippen molar-refractivity contribution in [2.24, 2.45) is 0 Å². The molecule has 1 atom stereocenters. The normalized spacial score (nSPS) is 12.1. The summed E-state index contributed by atoms with van der Waals surface area (Å²) in [6, 6.07) is 17.5. The van der Waals surface area contributed by atoms with Gasteiger partial charge in [-0.25, -0.2) is 0 Å². The van der Waals surface area contributed by atoms with Crippen molar-refractivity contribution >= 4 is 23.4 Å². The average Bonchev–Trinajstić information content (AvgIpc) is 3.04. The number of nitrogens with zero attached hydrogens (tertiary/aromatic N) is 3. The Morgan fingerprint density at radius 3 is 2.50 bits per heavy atom. The topological polar surface area (TPSA) is 39.9 Å². The molecule has 2 aromatic carbocycles. The molecule has 4 nitrogen and oxygen atoms in total. The molecule has 0 bridgehead atoms. The Bertz CT molecular complexity index is 821. The second-order valence-corrected chi connectivity index (χ2v) is 7.87. The maximum atomic E-state index is 5.93. The quantitative estimate of drug-likeness (QED) is 0.459. The van der Waals surface area contributed by atoms with E-state index in [2.05, 4.69) is 40.7 Å². The minimum absolute atomic E-state index is 0.340. The van der Waals surface area contributed by atoms with Crippen LogP contribution >= 0.6 is 23.4 Å². The van der Waals surface area contributed by atoms with Crippen LogP contribution in [0.5, 0.6) is 5.75 Å². The summed E-state index contributed by atoms with van der Waals surface area (Å²) in [5.41, 5.74) is 1.04. The van der Waals surface area contributed by atoms with E-state index >= 15 is 0 Å². The second-order valence-electron chi connectivity index (χ2n) is 6.03. The van der Waals surface area contributed by atoms with Gasteiger partial charge in [-0.1, -0.05) is 61.8 Å². The van der Waals surface area contributed by atoms with Gasteiger partial charge in [-0.05, 0) is 42.8 Å². The third kappa shape index (κ3) is 4.80. The van der Waals surface area contributed by atoms with Gasteiger partial charge < -0.3 is 4.74 Å². The van der Waals surface area contributed by atoms with E-state index in [-0.39, 0.29) is 0 Å². The van der Waals surface area contributed by atoms with E-state index in [9.17, 15) is 0 Å². The number of benzene rings is 2. The predicted molar refractivity (Wildman–Crippen MR) is 107 cm³/mol. The fraction of sp³-hybridized carbons (Fsp3) is 0.300. The number of hydrogen-bond acceptors (Lipinski definition) is 4. The van der Waals surface area contributed by atoms with Gasteiger partial charge in [0.1, 0.15) is 12.4 Å². The summed E-state index contributed by atoms with van der Waals surface area (Å²) in [5.74, 6) is 1.53. The first-order valence-corrected chi connectivity index (χ1v) is 9.98. The Morgan fingerprint density at radius 1 is 1.08 bits per heavy atom. The first-order chi connectivity index (χ1) is 12.7. The number of rotatable bonds is 8. The summed E-state index contributed by atoms with van der Waals surface area (Å²) in [6.07, 6.45) is 2.29. The highest BCUT2D eigenvalue weighted by Gasteiger charge is 2.17. The van der Waals surface area contributed by atoms with Crippen LogP contribution in [0.25, 0.3) is 5.69 Å². The molecule has 3 rings (SSSR count). The van der Waals surface area contributed by atoms with Gasteiger partial charge in [0.15, 0.2) is 11.0 Å². The van der Waals surface area contributed by atoms with Gasteiger partial charge in [-0.15, -0.1) is 10.2 Å². The summed E-state index contributed by atoms with van der Waals surface area (Å²) < 4.78 is 7.96. The van der Waals surface area contributed by atoms with Crippen molar-refractivity contribution in [1.82, 2.24) is 14.8 Å². The largest absolute Gasteiger partial charge is 0.486 e. The van der Waals surface area contributed by atoms with E-state index in [4.69, 9.17) is 16.3 Å². The van der Waals surface area contributed by atoms with Crippen molar-refractivity contribution in [1.29, 1.82) is 0 Å². The zero-order valence-electron chi connectivity index (χ0n) is 14.9. The fourth-order valence-corrected chi connectivity index (χ4v) is 3.87. The highest BCUT2D eigenvalue weighted by molar-refractivity contribution is 7.99. The van der Waals surface area contributed by atoms with Crippen molar-refractivity contribution in [3.63, 3.8) is 0 Å². The molecular formula is C20H22ClN3OS. The standard InChI is InChI=1S/C20H22ClN3OS/c1-3-7-15(2)26-20-23-22-19(24(20)17-8-5-4-6-9-17)14-25-18-12-10-16(21)11-13-18/h4-6,8-13,15H,3,7,14H2,1-2H3. The first kappa shape index (κ1) is 18.8. The Hall–Kier alpha value is -1.98. The van der Waals surface area contributed by atoms with Crippen LogP contribution in [0, 0.1) is 0 Å². The molecule has 0 N–H and O–H groups in total. The Balaban J connectivity index is 1.84. The monoisotopic (exact) mass is 387 g/mol. The predicted octanol–water partition coefficient (Wildman–Crippen LogP) is 5.78. The molecule has 6 heteroatoms. The summed E-state index contributed by atoms with van der Waals surface area (Å²) in [6.45, 7) is 4.76. The van der Waals surface area contributed by atoms with Gasteiger partial charge in [0.2, 0.25) is 0 Å². The van der Waals surface area contributed by atoms with Gasteiger partial charge in [0, 0.05) is 16.0 Å². The molecule has 26 heavy (non-hydrogen) atoms. The molecular weight excluding hydrogens is 366 g/mol. The van der Waals surface area contributed by atoms with Crippen LogP contribution in [0.4, 0.5) is 0 Å². The van der Waals surface area contributed by atoms with E-state index in [1.54, 1.807) is 11.8 Å². The number of ether oxygens (including phenoxy) is 1. The highest BCUT2D eigenvalue weighted by Crippen LogP contribution is 2.28. The SMILES string of the molecule is CCCC(C)Sc1nnc(COc2ccc(Cl)cc2)n1-c1ccccc1. The van der Waals surface area contributed by atoms with E-state index in [0.29, 0.717) is 16.9 Å². The molecule has 0 saturated heterocycles. The second kappa shape index (κ2) is 9.10. The van der Waals surface area contributed by atoms with Gasteiger partial charge in [-0.3, -0.25) is 4.57 Å². The van der Waals surface area contributed by atoms with E-state index in [1.165, 1.54) is 0 Å². The molecule has 136 valence electrons. The maximum absolute atomic E-state index is 5.93.